The number of methoxy groups -OCH3 is 1. The van der Waals surface area contributed by atoms with Crippen molar-refractivity contribution in [3.05, 3.63) is 18.2 Å². The molecule has 8 nitrogen and oxygen atoms in total. The minimum atomic E-state index is -0.253. The molecule has 27 heavy (non-hydrogen) atoms. The van der Waals surface area contributed by atoms with E-state index in [0.717, 1.165) is 26.0 Å². The Bertz CT molecular complexity index is 888. The predicted molar refractivity (Wildman–Crippen MR) is 101 cm³/mol. The van der Waals surface area contributed by atoms with Crippen LogP contribution in [-0.2, 0) is 14.4 Å². The van der Waals surface area contributed by atoms with Crippen molar-refractivity contribution in [3.8, 4) is 5.75 Å². The molecule has 3 amide bonds. The summed E-state index contributed by atoms with van der Waals surface area (Å²) in [5.41, 5.74) is 0.931. The molecule has 0 radical (unpaired) electrons. The molecule has 2 aliphatic heterocycles. The van der Waals surface area contributed by atoms with E-state index in [2.05, 4.69) is 9.88 Å². The first-order chi connectivity index (χ1) is 13.0. The van der Waals surface area contributed by atoms with E-state index in [1.54, 1.807) is 23.3 Å². The third-order valence-corrected chi connectivity index (χ3v) is 6.01. The monoisotopic (exact) mass is 388 g/mol. The SMILES string of the molecule is COc1ccc2nc(N3CCN(C(=O)CN4C(=O)CCC4=O)CC3)sc2c1. The van der Waals surface area contributed by atoms with Crippen molar-refractivity contribution in [1.29, 1.82) is 0 Å². The van der Waals surface area contributed by atoms with Gasteiger partial charge < -0.3 is 14.5 Å². The average molecular weight is 388 g/mol. The van der Waals surface area contributed by atoms with E-state index in [1.807, 2.05) is 18.2 Å². The summed E-state index contributed by atoms with van der Waals surface area (Å²) in [5.74, 6) is 0.125. The van der Waals surface area contributed by atoms with Gasteiger partial charge in [-0.25, -0.2) is 4.98 Å². The number of piperazine rings is 1. The van der Waals surface area contributed by atoms with Crippen molar-refractivity contribution in [2.75, 3.05) is 44.7 Å². The van der Waals surface area contributed by atoms with Crippen molar-refractivity contribution in [3.63, 3.8) is 0 Å². The number of amides is 3. The smallest absolute Gasteiger partial charge is 0.242 e. The molecule has 3 heterocycles. The van der Waals surface area contributed by atoms with Crippen LogP contribution < -0.4 is 9.64 Å². The van der Waals surface area contributed by atoms with Crippen LogP contribution >= 0.6 is 11.3 Å². The number of nitrogens with zero attached hydrogens (tertiary/aromatic N) is 4. The lowest BCUT2D eigenvalue weighted by Gasteiger charge is -2.35. The lowest BCUT2D eigenvalue weighted by Crippen LogP contribution is -2.51. The Kier molecular flexibility index (Phi) is 4.69. The normalized spacial score (nSPS) is 17.9. The van der Waals surface area contributed by atoms with Gasteiger partial charge in [-0.3, -0.25) is 19.3 Å². The maximum atomic E-state index is 12.4. The lowest BCUT2D eigenvalue weighted by molar-refractivity contribution is -0.145. The van der Waals surface area contributed by atoms with Gasteiger partial charge >= 0.3 is 0 Å². The highest BCUT2D eigenvalue weighted by Gasteiger charge is 2.32. The first-order valence-electron chi connectivity index (χ1n) is 8.85. The maximum Gasteiger partial charge on any atom is 0.242 e. The Morgan fingerprint density at radius 2 is 1.85 bits per heavy atom. The zero-order chi connectivity index (χ0) is 19.0. The van der Waals surface area contributed by atoms with Crippen molar-refractivity contribution < 1.29 is 19.1 Å². The number of rotatable bonds is 4. The van der Waals surface area contributed by atoms with E-state index in [4.69, 9.17) is 4.74 Å². The number of likely N-dealkylation sites (tertiary alicyclic amines) is 1. The van der Waals surface area contributed by atoms with Crippen LogP contribution in [0.2, 0.25) is 0 Å². The highest BCUT2D eigenvalue weighted by molar-refractivity contribution is 7.22. The Balaban J connectivity index is 1.38. The van der Waals surface area contributed by atoms with Crippen LogP contribution in [0.25, 0.3) is 10.2 Å². The lowest BCUT2D eigenvalue weighted by atomic mass is 10.3. The van der Waals surface area contributed by atoms with Gasteiger partial charge in [-0.15, -0.1) is 0 Å². The van der Waals surface area contributed by atoms with Gasteiger partial charge in [0.15, 0.2) is 5.13 Å². The standard InChI is InChI=1S/C18H20N4O4S/c1-26-12-2-3-13-14(10-12)27-18(19-13)21-8-6-20(7-9-21)17(25)11-22-15(23)4-5-16(22)24/h2-3,10H,4-9,11H2,1H3. The molecule has 0 atom stereocenters. The maximum absolute atomic E-state index is 12.4. The molecule has 0 N–H and O–H groups in total. The van der Waals surface area contributed by atoms with Crippen LogP contribution in [-0.4, -0.2) is 72.3 Å². The molecule has 9 heteroatoms. The quantitative estimate of drug-likeness (QED) is 0.730. The number of hydrogen-bond donors (Lipinski definition) is 0. The number of benzene rings is 1. The topological polar surface area (TPSA) is 83.1 Å². The molecule has 0 spiro atoms. The third-order valence-electron chi connectivity index (χ3n) is 4.94. The number of fused-ring (bicyclic) bond motifs is 1. The highest BCUT2D eigenvalue weighted by atomic mass is 32.1. The summed E-state index contributed by atoms with van der Waals surface area (Å²) in [6.07, 6.45) is 0.421. The van der Waals surface area contributed by atoms with Crippen LogP contribution in [0.5, 0.6) is 5.75 Å². The average Bonchev–Trinajstić information content (AvgIpc) is 3.25. The molecule has 1 aromatic carbocycles. The largest absolute Gasteiger partial charge is 0.497 e. The zero-order valence-electron chi connectivity index (χ0n) is 15.0. The molecule has 2 aromatic rings. The summed E-state index contributed by atoms with van der Waals surface area (Å²) in [6, 6.07) is 5.81. The van der Waals surface area contributed by atoms with E-state index in [-0.39, 0.29) is 37.1 Å². The molecular formula is C18H20N4O4S. The van der Waals surface area contributed by atoms with Crippen molar-refractivity contribution >= 4 is 44.4 Å². The molecule has 1 aromatic heterocycles. The van der Waals surface area contributed by atoms with Crippen LogP contribution in [0.3, 0.4) is 0 Å². The second kappa shape index (κ2) is 7.15. The second-order valence-electron chi connectivity index (χ2n) is 6.57. The fourth-order valence-corrected chi connectivity index (χ4v) is 4.38. The summed E-state index contributed by atoms with van der Waals surface area (Å²) < 4.78 is 6.32. The van der Waals surface area contributed by atoms with E-state index in [1.165, 1.54) is 0 Å². The van der Waals surface area contributed by atoms with Crippen molar-refractivity contribution in [2.24, 2.45) is 0 Å². The molecule has 4 rings (SSSR count). The van der Waals surface area contributed by atoms with Gasteiger partial charge in [0.1, 0.15) is 12.3 Å². The molecule has 142 valence electrons. The van der Waals surface area contributed by atoms with Gasteiger partial charge in [0.25, 0.3) is 0 Å². The molecule has 0 bridgehead atoms. The Morgan fingerprint density at radius 3 is 2.52 bits per heavy atom. The molecule has 2 saturated heterocycles. The van der Waals surface area contributed by atoms with Gasteiger partial charge in [-0.2, -0.15) is 0 Å². The van der Waals surface area contributed by atoms with E-state index >= 15 is 0 Å². The highest BCUT2D eigenvalue weighted by Crippen LogP contribution is 2.31. The van der Waals surface area contributed by atoms with Gasteiger partial charge in [0.2, 0.25) is 17.7 Å². The van der Waals surface area contributed by atoms with E-state index < -0.39 is 0 Å². The molecular weight excluding hydrogens is 368 g/mol. The van der Waals surface area contributed by atoms with E-state index in [0.29, 0.717) is 26.2 Å². The minimum Gasteiger partial charge on any atom is -0.497 e. The fraction of sp³-hybridized carbons (Fsp3) is 0.444. The summed E-state index contributed by atoms with van der Waals surface area (Å²) in [6.45, 7) is 2.30. The number of carbonyl (C=O) groups excluding carboxylic acids is 3. The van der Waals surface area contributed by atoms with E-state index in [9.17, 15) is 14.4 Å². The third kappa shape index (κ3) is 3.46. The van der Waals surface area contributed by atoms with Gasteiger partial charge in [-0.1, -0.05) is 11.3 Å². The van der Waals surface area contributed by atoms with Gasteiger partial charge in [0, 0.05) is 39.0 Å². The first-order valence-corrected chi connectivity index (χ1v) is 9.67. The second-order valence-corrected chi connectivity index (χ2v) is 7.58. The summed E-state index contributed by atoms with van der Waals surface area (Å²) in [5, 5.41) is 0.926. The van der Waals surface area contributed by atoms with Crippen molar-refractivity contribution in [2.45, 2.75) is 12.8 Å². The zero-order valence-corrected chi connectivity index (χ0v) is 15.8. The van der Waals surface area contributed by atoms with Crippen LogP contribution in [0.4, 0.5) is 5.13 Å². The molecule has 2 aliphatic rings. The van der Waals surface area contributed by atoms with Gasteiger partial charge in [-0.05, 0) is 18.2 Å². The summed E-state index contributed by atoms with van der Waals surface area (Å²) in [7, 11) is 1.64. The predicted octanol–water partition coefficient (Wildman–Crippen LogP) is 1.10. The molecule has 0 aliphatic carbocycles. The van der Waals surface area contributed by atoms with Crippen LogP contribution in [0, 0.1) is 0 Å². The fourth-order valence-electron chi connectivity index (χ4n) is 3.34. The number of anilines is 1. The summed E-state index contributed by atoms with van der Waals surface area (Å²) >= 11 is 1.60. The number of carbonyl (C=O) groups is 3. The Hall–Kier alpha value is -2.68. The van der Waals surface area contributed by atoms with Crippen molar-refractivity contribution in [1.82, 2.24) is 14.8 Å². The van der Waals surface area contributed by atoms with Gasteiger partial charge in [0.05, 0.1) is 17.3 Å². The number of ether oxygens (including phenoxy) is 1. The number of hydrogen-bond acceptors (Lipinski definition) is 7. The number of aromatic nitrogens is 1. The molecule has 0 saturated carbocycles. The molecule has 2 fully saturated rings. The Morgan fingerprint density at radius 1 is 1.15 bits per heavy atom. The van der Waals surface area contributed by atoms with Crippen LogP contribution in [0.15, 0.2) is 18.2 Å². The summed E-state index contributed by atoms with van der Waals surface area (Å²) in [4.78, 5) is 45.4. The number of imide groups is 1. The van der Waals surface area contributed by atoms with Crippen LogP contribution in [0.1, 0.15) is 12.8 Å². The minimum absolute atomic E-state index is 0.140. The molecule has 0 unspecified atom stereocenters. The number of thiazole rings is 1. The first kappa shape index (κ1) is 17.7. The Labute approximate surface area is 160 Å².